The van der Waals surface area contributed by atoms with E-state index in [0.717, 1.165) is 52.7 Å². The van der Waals surface area contributed by atoms with Crippen LogP contribution in [-0.2, 0) is 16.0 Å². The van der Waals surface area contributed by atoms with Gasteiger partial charge in [0.25, 0.3) is 0 Å². The molecular formula is C17H24BrN3O2. The number of rotatable bonds is 7. The lowest BCUT2D eigenvalue weighted by Crippen LogP contribution is -2.27. The van der Waals surface area contributed by atoms with Crippen LogP contribution in [0.1, 0.15) is 42.4 Å². The Morgan fingerprint density at radius 2 is 2.35 bits per heavy atom. The fourth-order valence-electron chi connectivity index (χ4n) is 2.80. The van der Waals surface area contributed by atoms with Crippen molar-refractivity contribution in [3.63, 3.8) is 0 Å². The first kappa shape index (κ1) is 18.1. The Morgan fingerprint density at radius 3 is 2.96 bits per heavy atom. The Balaban J connectivity index is 2.23. The third-order valence-corrected chi connectivity index (χ3v) is 5.06. The molecule has 1 aromatic rings. The summed E-state index contributed by atoms with van der Waals surface area (Å²) in [5.74, 6) is 0.0468. The first-order chi connectivity index (χ1) is 11.1. The van der Waals surface area contributed by atoms with E-state index in [0.29, 0.717) is 12.8 Å². The molecule has 126 valence electrons. The van der Waals surface area contributed by atoms with Gasteiger partial charge in [0, 0.05) is 35.0 Å². The molecule has 1 aliphatic heterocycles. The van der Waals surface area contributed by atoms with Gasteiger partial charge in [-0.2, -0.15) is 0 Å². The Hall–Kier alpha value is -1.24. The van der Waals surface area contributed by atoms with Gasteiger partial charge in [-0.3, -0.25) is 4.79 Å². The summed E-state index contributed by atoms with van der Waals surface area (Å²) < 4.78 is 6.60. The van der Waals surface area contributed by atoms with Gasteiger partial charge in [-0.25, -0.2) is 0 Å². The van der Waals surface area contributed by atoms with Crippen LogP contribution in [0.25, 0.3) is 0 Å². The molecule has 5 nitrogen and oxygen atoms in total. The lowest BCUT2D eigenvalue weighted by molar-refractivity contribution is -0.117. The number of hydrogen-bond donors (Lipinski definition) is 3. The number of benzene rings is 1. The zero-order chi connectivity index (χ0) is 16.8. The SMILES string of the molecule is Cc1cc(NC2CCCCO2)c(C=N)c(Br)c1CCC(=O)CN. The molecule has 0 amide bonds. The summed E-state index contributed by atoms with van der Waals surface area (Å²) in [5.41, 5.74) is 9.21. The molecule has 1 aliphatic rings. The second kappa shape index (κ2) is 8.57. The fourth-order valence-corrected chi connectivity index (χ4v) is 3.64. The van der Waals surface area contributed by atoms with Gasteiger partial charge in [0.05, 0.1) is 6.54 Å². The Bertz CT molecular complexity index is 584. The monoisotopic (exact) mass is 381 g/mol. The van der Waals surface area contributed by atoms with Crippen molar-refractivity contribution in [2.75, 3.05) is 18.5 Å². The summed E-state index contributed by atoms with van der Waals surface area (Å²) in [6.45, 7) is 2.87. The minimum atomic E-state index is -0.00146. The van der Waals surface area contributed by atoms with Crippen molar-refractivity contribution in [3.05, 3.63) is 27.2 Å². The van der Waals surface area contributed by atoms with E-state index in [2.05, 4.69) is 21.2 Å². The van der Waals surface area contributed by atoms with Crippen LogP contribution >= 0.6 is 15.9 Å². The molecule has 0 saturated carbocycles. The van der Waals surface area contributed by atoms with Gasteiger partial charge in [-0.05, 0) is 65.7 Å². The van der Waals surface area contributed by atoms with Gasteiger partial charge < -0.3 is 21.2 Å². The van der Waals surface area contributed by atoms with E-state index in [4.69, 9.17) is 15.9 Å². The largest absolute Gasteiger partial charge is 0.360 e. The van der Waals surface area contributed by atoms with Crippen LogP contribution in [0.3, 0.4) is 0 Å². The third-order valence-electron chi connectivity index (χ3n) is 4.15. The molecule has 0 spiro atoms. The van der Waals surface area contributed by atoms with E-state index >= 15 is 0 Å². The van der Waals surface area contributed by atoms with Crippen LogP contribution in [0.15, 0.2) is 10.5 Å². The number of ether oxygens (including phenoxy) is 1. The van der Waals surface area contributed by atoms with E-state index in [9.17, 15) is 4.79 Å². The van der Waals surface area contributed by atoms with Crippen LogP contribution in [0.5, 0.6) is 0 Å². The minimum absolute atomic E-state index is 0.00146. The number of nitrogens with two attached hydrogens (primary N) is 1. The molecule has 0 aromatic heterocycles. The van der Waals surface area contributed by atoms with Gasteiger partial charge in [0.15, 0.2) is 0 Å². The smallest absolute Gasteiger partial charge is 0.146 e. The summed E-state index contributed by atoms with van der Waals surface area (Å²) in [4.78, 5) is 11.5. The molecule has 23 heavy (non-hydrogen) atoms. The Kier molecular flexibility index (Phi) is 6.74. The summed E-state index contributed by atoms with van der Waals surface area (Å²) >= 11 is 3.61. The first-order valence-electron chi connectivity index (χ1n) is 7.99. The third kappa shape index (κ3) is 4.62. The number of halogens is 1. The molecule has 1 saturated heterocycles. The van der Waals surface area contributed by atoms with Crippen molar-refractivity contribution in [3.8, 4) is 0 Å². The Labute approximate surface area is 145 Å². The highest BCUT2D eigenvalue weighted by atomic mass is 79.9. The molecule has 1 atom stereocenters. The van der Waals surface area contributed by atoms with Crippen LogP contribution < -0.4 is 11.1 Å². The number of carbonyl (C=O) groups is 1. The number of aryl methyl sites for hydroxylation is 1. The minimum Gasteiger partial charge on any atom is -0.360 e. The molecule has 0 aliphatic carbocycles. The highest BCUT2D eigenvalue weighted by Gasteiger charge is 2.18. The van der Waals surface area contributed by atoms with Crippen LogP contribution in [0, 0.1) is 12.3 Å². The quantitative estimate of drug-likeness (QED) is 0.632. The first-order valence-corrected chi connectivity index (χ1v) is 8.78. The molecule has 1 fully saturated rings. The van der Waals surface area contributed by atoms with Crippen molar-refractivity contribution in [2.45, 2.75) is 45.3 Å². The molecule has 1 unspecified atom stereocenters. The molecule has 1 heterocycles. The maximum Gasteiger partial charge on any atom is 0.146 e. The summed E-state index contributed by atoms with van der Waals surface area (Å²) in [6, 6.07) is 2.03. The van der Waals surface area contributed by atoms with Gasteiger partial charge in [-0.1, -0.05) is 0 Å². The standard InChI is InChI=1S/C17H24BrN3O2/c1-11-8-15(21-16-4-2-3-7-23-16)14(10-20)17(18)13(11)6-5-12(22)9-19/h8,10,16,20-21H,2-7,9,19H2,1H3. The predicted molar refractivity (Wildman–Crippen MR) is 96.4 cm³/mol. The zero-order valence-electron chi connectivity index (χ0n) is 13.5. The van der Waals surface area contributed by atoms with Crippen molar-refractivity contribution in [1.29, 1.82) is 5.41 Å². The summed E-state index contributed by atoms with van der Waals surface area (Å²) in [7, 11) is 0. The van der Waals surface area contributed by atoms with E-state index in [1.54, 1.807) is 0 Å². The zero-order valence-corrected chi connectivity index (χ0v) is 15.0. The highest BCUT2D eigenvalue weighted by Crippen LogP contribution is 2.32. The molecule has 6 heteroatoms. The maximum absolute atomic E-state index is 11.5. The number of nitrogens with one attached hydrogen (secondary N) is 2. The van der Waals surface area contributed by atoms with Crippen molar-refractivity contribution in [1.82, 2.24) is 0 Å². The van der Waals surface area contributed by atoms with Crippen LogP contribution in [0.2, 0.25) is 0 Å². The highest BCUT2D eigenvalue weighted by molar-refractivity contribution is 9.10. The molecule has 0 bridgehead atoms. The summed E-state index contributed by atoms with van der Waals surface area (Å²) in [6.07, 6.45) is 5.61. The van der Waals surface area contributed by atoms with E-state index < -0.39 is 0 Å². The lowest BCUT2D eigenvalue weighted by Gasteiger charge is -2.26. The molecule has 1 aromatic carbocycles. The molecular weight excluding hydrogens is 358 g/mol. The number of ketones is 1. The van der Waals surface area contributed by atoms with E-state index in [-0.39, 0.29) is 18.6 Å². The maximum atomic E-state index is 11.5. The van der Waals surface area contributed by atoms with E-state index in [1.807, 2.05) is 13.0 Å². The molecule has 0 radical (unpaired) electrons. The molecule has 4 N–H and O–H groups in total. The second-order valence-corrected chi connectivity index (χ2v) is 6.63. The Morgan fingerprint density at radius 1 is 1.57 bits per heavy atom. The van der Waals surface area contributed by atoms with Crippen LogP contribution in [-0.4, -0.2) is 31.4 Å². The van der Waals surface area contributed by atoms with Crippen molar-refractivity contribution >= 4 is 33.6 Å². The predicted octanol–water partition coefficient (Wildman–Crippen LogP) is 3.15. The van der Waals surface area contributed by atoms with Gasteiger partial charge in [0.1, 0.15) is 12.0 Å². The van der Waals surface area contributed by atoms with Gasteiger partial charge in [-0.15, -0.1) is 0 Å². The number of Topliss-reactive ketones (excluding diaryl/α,β-unsaturated/α-hetero) is 1. The van der Waals surface area contributed by atoms with Crippen molar-refractivity contribution < 1.29 is 9.53 Å². The number of hydrogen-bond acceptors (Lipinski definition) is 5. The number of anilines is 1. The lowest BCUT2D eigenvalue weighted by atomic mass is 9.98. The van der Waals surface area contributed by atoms with E-state index in [1.165, 1.54) is 6.21 Å². The summed E-state index contributed by atoms with van der Waals surface area (Å²) in [5, 5.41) is 11.1. The number of carbonyl (C=O) groups excluding carboxylic acids is 1. The van der Waals surface area contributed by atoms with Crippen molar-refractivity contribution in [2.24, 2.45) is 5.73 Å². The van der Waals surface area contributed by atoms with Crippen LogP contribution in [0.4, 0.5) is 5.69 Å². The topological polar surface area (TPSA) is 88.2 Å². The molecule has 2 rings (SSSR count). The second-order valence-electron chi connectivity index (χ2n) is 5.83. The van der Waals surface area contributed by atoms with Gasteiger partial charge in [0.2, 0.25) is 0 Å². The average Bonchev–Trinajstić information content (AvgIpc) is 2.55. The normalized spacial score (nSPS) is 17.8. The fraction of sp³-hybridized carbons (Fsp3) is 0.529. The average molecular weight is 382 g/mol. The van der Waals surface area contributed by atoms with Gasteiger partial charge >= 0.3 is 0 Å².